The molecule has 50 nitrogen and oxygen atoms in total. The number of carbonyl (C=O) groups is 4. The molecule has 9 aliphatic rings. The summed E-state index contributed by atoms with van der Waals surface area (Å²) in [6, 6.07) is -5.83. The molecule has 0 bridgehead atoms. The first kappa shape index (κ1) is 93.1. The third-order valence-corrected chi connectivity index (χ3v) is 20.8. The molecule has 29 N–H and O–H groups in total. The molecule has 113 heavy (non-hydrogen) atoms. The highest BCUT2D eigenvalue weighted by Crippen LogP contribution is 2.42. The molecule has 0 aromatic carbocycles. The predicted molar refractivity (Wildman–Crippen MR) is 346 cm³/mol. The van der Waals surface area contributed by atoms with Gasteiger partial charge in [0.05, 0.1) is 70.6 Å². The number of hydrogen-bond donors (Lipinski definition) is 29. The fourth-order valence-electron chi connectivity index (χ4n) is 14.6. The number of aliphatic carboxylic acids is 1. The standard InChI is InChI=1S/C63H105N3O47/c1-14-30(78)37(85)42(90)57(98-14)109-50-29(66-18(5)75)55(104-25(12-72)47(50)107-60-45(93)52(35(83)23(10-70)102-60)113-63(62(95)96)6-19(76)27(64-16(3)73)49(112-63)32(80)20(77)7-67)97-13-26-36(84)51(44(92)59(105-26)106-46-24(11-71)100-54(94)41(89)40(46)88)110-56-28(65-17(4)74)48(34(82)22(9-69)101-56)108-61-53(39(87)33(81)21(8-68)103-61)111-58-43(91)38(86)31(79)15(2)99-58/h14-15,19-61,67-72,76-94H,6-13H2,1-5H3,(H,64,73)(H,65,74)(H,66,75)(H,95,96)/t14-,15-,19-,20+,21+,22+,23+,24+,25+,26+,27+,28+,29+,30+,31+,32+,33-,34+,35-,36-,37+,38+,39-,40+,41+,42-,43-,44+,45+,46+,47+,48+,49+,50+,51-,52-,53+,54?,55+,56-,57-,58-,59-,60-,61-,63-/m0/s1. The third kappa shape index (κ3) is 20.1. The van der Waals surface area contributed by atoms with Gasteiger partial charge in [0, 0.05) is 27.2 Å². The highest BCUT2D eigenvalue weighted by atomic mass is 16.8. The van der Waals surface area contributed by atoms with Crippen molar-refractivity contribution in [2.24, 2.45) is 0 Å². The van der Waals surface area contributed by atoms with Gasteiger partial charge < -0.3 is 229 Å². The summed E-state index contributed by atoms with van der Waals surface area (Å²) >= 11 is 0. The zero-order chi connectivity index (χ0) is 83.6. The Bertz CT molecular complexity index is 3040. The summed E-state index contributed by atoms with van der Waals surface area (Å²) in [4.78, 5) is 52.6. The molecule has 0 aliphatic carbocycles. The van der Waals surface area contributed by atoms with E-state index in [0.717, 1.165) is 20.8 Å². The molecule has 0 aromatic rings. The van der Waals surface area contributed by atoms with Gasteiger partial charge in [0.15, 0.2) is 50.3 Å². The van der Waals surface area contributed by atoms with Crippen LogP contribution in [0.15, 0.2) is 0 Å². The van der Waals surface area contributed by atoms with Gasteiger partial charge in [-0.2, -0.15) is 0 Å². The number of amides is 3. The van der Waals surface area contributed by atoms with Gasteiger partial charge in [-0.1, -0.05) is 0 Å². The summed E-state index contributed by atoms with van der Waals surface area (Å²) in [6.45, 7) is -3.08. The van der Waals surface area contributed by atoms with E-state index in [2.05, 4.69) is 16.0 Å². The molecule has 9 fully saturated rings. The van der Waals surface area contributed by atoms with Crippen molar-refractivity contribution in [2.45, 2.75) is 323 Å². The lowest BCUT2D eigenvalue weighted by Crippen LogP contribution is -2.71. The van der Waals surface area contributed by atoms with Gasteiger partial charge in [-0.3, -0.25) is 14.4 Å². The topological polar surface area (TPSA) is 787 Å². The van der Waals surface area contributed by atoms with Crippen LogP contribution in [0.2, 0.25) is 0 Å². The number of carboxylic acid groups (broad SMARTS) is 1. The van der Waals surface area contributed by atoms with Crippen LogP contribution in [0.5, 0.6) is 0 Å². The summed E-state index contributed by atoms with van der Waals surface area (Å²) in [5.41, 5.74) is 0. The molecular weight excluding hydrogens is 1550 g/mol. The number of ether oxygens (including phenoxy) is 17. The summed E-state index contributed by atoms with van der Waals surface area (Å²) in [5.74, 6) is -8.43. The second-order valence-corrected chi connectivity index (χ2v) is 28.8. The van der Waals surface area contributed by atoms with Gasteiger partial charge in [-0.15, -0.1) is 0 Å². The fraction of sp³-hybridized carbons (Fsp3) is 0.937. The fourth-order valence-corrected chi connectivity index (χ4v) is 14.6. The predicted octanol–water partition coefficient (Wildman–Crippen LogP) is -18.9. The van der Waals surface area contributed by atoms with Gasteiger partial charge in [0.1, 0.15) is 201 Å². The number of carbonyl (C=O) groups excluding carboxylic acids is 3. The largest absolute Gasteiger partial charge is 0.477 e. The first-order chi connectivity index (χ1) is 53.2. The number of hydrogen-bond acceptors (Lipinski definition) is 46. The molecule has 654 valence electrons. The first-order valence-corrected chi connectivity index (χ1v) is 36.0. The second kappa shape index (κ2) is 39.6. The van der Waals surface area contributed by atoms with Crippen LogP contribution in [0.3, 0.4) is 0 Å². The zero-order valence-electron chi connectivity index (χ0n) is 60.8. The van der Waals surface area contributed by atoms with Crippen LogP contribution in [0, 0.1) is 0 Å². The second-order valence-electron chi connectivity index (χ2n) is 28.8. The van der Waals surface area contributed by atoms with Crippen molar-refractivity contribution < 1.29 is 232 Å². The van der Waals surface area contributed by atoms with Crippen molar-refractivity contribution in [2.75, 3.05) is 46.2 Å². The molecule has 50 heteroatoms. The Morgan fingerprint density at radius 3 is 1.30 bits per heavy atom. The third-order valence-electron chi connectivity index (χ3n) is 20.8. The highest BCUT2D eigenvalue weighted by Gasteiger charge is 2.63. The number of nitrogens with one attached hydrogen (secondary N) is 3. The molecule has 0 radical (unpaired) electrons. The van der Waals surface area contributed by atoms with Crippen LogP contribution >= 0.6 is 0 Å². The molecule has 0 spiro atoms. The molecular formula is C63H105N3O47. The molecule has 0 saturated carbocycles. The lowest BCUT2D eigenvalue weighted by Gasteiger charge is -2.52. The van der Waals surface area contributed by atoms with Crippen molar-refractivity contribution in [3.63, 3.8) is 0 Å². The normalized spacial score (nSPS) is 49.2. The van der Waals surface area contributed by atoms with E-state index in [1.165, 1.54) is 13.8 Å². The quantitative estimate of drug-likeness (QED) is 0.0331. The SMILES string of the molecule is CC(=O)N[C@H]1[C@H](OC[C@H]2O[C@@H](O[C@H]3[C@H](O)[C@@H](O)C(O)O[C@@H]3CO)[C@H](O)[C@@H](O[C@@H]3O[C@H](CO)[C@@H](O)[C@H](O[C@@H]4O[C@H](CO)[C@H](O)[C@H](O)[C@H]4O[C@@H]4O[C@@H](C)[C@@H](O)[C@@H](O)[C@@H]4O)[C@H]3NC(C)=O)[C@H]2O)O[C@H](CO)[C@@H](O[C@@H]2O[C@H](CO)[C@H](O)[C@H](O[C@]3(C(=O)O)C[C@H](O)[C@@H](NC(C)=O)[C@H]([C@H](O)[C@H](O)CO)O3)[C@H]2O)[C@@H]1O[C@@H]1O[C@@H](C)[C@@H](O)[C@@H](O)[C@@H]1O. The molecule has 9 heterocycles. The molecule has 3 amide bonds. The minimum absolute atomic E-state index is 0.885. The molecule has 46 atom stereocenters. The van der Waals surface area contributed by atoms with Crippen LogP contribution in [-0.4, -0.2) is 484 Å². The van der Waals surface area contributed by atoms with Crippen LogP contribution < -0.4 is 16.0 Å². The summed E-state index contributed by atoms with van der Waals surface area (Å²) in [6.07, 6.45) is -90.3. The van der Waals surface area contributed by atoms with Gasteiger partial charge in [-0.05, 0) is 13.8 Å². The Morgan fingerprint density at radius 1 is 0.381 bits per heavy atom. The Hall–Kier alpha value is -3.80. The Kier molecular flexibility index (Phi) is 32.6. The molecule has 0 aromatic heterocycles. The molecule has 1 unspecified atom stereocenters. The minimum atomic E-state index is -3.34. The molecule has 9 aliphatic heterocycles. The van der Waals surface area contributed by atoms with Gasteiger partial charge in [0.25, 0.3) is 5.79 Å². The van der Waals surface area contributed by atoms with Crippen LogP contribution in [0.1, 0.15) is 41.0 Å². The number of rotatable bonds is 29. The van der Waals surface area contributed by atoms with Gasteiger partial charge >= 0.3 is 5.97 Å². The van der Waals surface area contributed by atoms with E-state index >= 15 is 0 Å². The highest BCUT2D eigenvalue weighted by molar-refractivity contribution is 5.77. The van der Waals surface area contributed by atoms with Crippen molar-refractivity contribution in [1.82, 2.24) is 16.0 Å². The van der Waals surface area contributed by atoms with E-state index in [1.54, 1.807) is 0 Å². The van der Waals surface area contributed by atoms with Crippen LogP contribution in [-0.2, 0) is 99.7 Å². The van der Waals surface area contributed by atoms with E-state index in [0.29, 0.717) is 0 Å². The lowest BCUT2D eigenvalue weighted by molar-refractivity contribution is -0.396. The maximum Gasteiger partial charge on any atom is 0.364 e. The van der Waals surface area contributed by atoms with E-state index in [-0.39, 0.29) is 0 Å². The van der Waals surface area contributed by atoms with Crippen molar-refractivity contribution in [3.05, 3.63) is 0 Å². The number of carboxylic acids is 1. The Labute approximate surface area is 639 Å². The average molecular weight is 1660 g/mol. The minimum Gasteiger partial charge on any atom is -0.477 e. The number of aliphatic hydroxyl groups excluding tert-OH is 25. The van der Waals surface area contributed by atoms with Crippen molar-refractivity contribution in [3.8, 4) is 0 Å². The first-order valence-electron chi connectivity index (χ1n) is 36.0. The van der Waals surface area contributed by atoms with E-state index < -0.39 is 358 Å². The summed E-state index contributed by atoms with van der Waals surface area (Å²) < 4.78 is 101. The Morgan fingerprint density at radius 2 is 0.779 bits per heavy atom. The monoisotopic (exact) mass is 1660 g/mol. The maximum absolute atomic E-state index is 13.6. The van der Waals surface area contributed by atoms with Crippen molar-refractivity contribution in [1.29, 1.82) is 0 Å². The zero-order valence-corrected chi connectivity index (χ0v) is 60.8. The van der Waals surface area contributed by atoms with Crippen molar-refractivity contribution >= 4 is 23.7 Å². The van der Waals surface area contributed by atoms with E-state index in [9.17, 15) is 152 Å². The van der Waals surface area contributed by atoms with Gasteiger partial charge in [0.2, 0.25) is 17.7 Å². The lowest BCUT2D eigenvalue weighted by atomic mass is 9.88. The summed E-state index contributed by atoms with van der Waals surface area (Å²) in [5, 5.41) is 295. The average Bonchev–Trinajstić information content (AvgIpc) is 0.826. The summed E-state index contributed by atoms with van der Waals surface area (Å²) in [7, 11) is 0. The van der Waals surface area contributed by atoms with Gasteiger partial charge in [-0.25, -0.2) is 4.79 Å². The Balaban J connectivity index is 1.06. The molecule has 9 saturated heterocycles. The maximum atomic E-state index is 13.6. The van der Waals surface area contributed by atoms with Crippen LogP contribution in [0.4, 0.5) is 0 Å². The van der Waals surface area contributed by atoms with E-state index in [1.807, 2.05) is 0 Å². The van der Waals surface area contributed by atoms with Crippen LogP contribution in [0.25, 0.3) is 0 Å². The molecule has 9 rings (SSSR count). The number of aliphatic hydroxyl groups is 25. The smallest absolute Gasteiger partial charge is 0.364 e. The van der Waals surface area contributed by atoms with E-state index in [4.69, 9.17) is 80.5 Å².